The molecule has 4 aliphatic carbocycles. The Balaban J connectivity index is 1.28. The highest BCUT2D eigenvalue weighted by molar-refractivity contribution is 5.97. The largest absolute Gasteiger partial charge is 0.452 e. The van der Waals surface area contributed by atoms with Crippen LogP contribution in [0.3, 0.4) is 0 Å². The van der Waals surface area contributed by atoms with E-state index >= 15 is 0 Å². The molecule has 0 heterocycles. The Kier molecular flexibility index (Phi) is 4.81. The van der Waals surface area contributed by atoms with E-state index in [1.165, 1.54) is 19.3 Å². The third-order valence-corrected chi connectivity index (χ3v) is 6.17. The Morgan fingerprint density at radius 2 is 1.54 bits per heavy atom. The van der Waals surface area contributed by atoms with Crippen molar-refractivity contribution in [3.8, 4) is 0 Å². The SMILES string of the molecule is O=C(COC(=O)c1c(F)cccc1F)NC(=O)NC12CC3CC(CC(C3)C1)C2. The van der Waals surface area contributed by atoms with Gasteiger partial charge in [0.05, 0.1) is 0 Å². The van der Waals surface area contributed by atoms with Crippen LogP contribution in [0.4, 0.5) is 13.6 Å². The van der Waals surface area contributed by atoms with Crippen LogP contribution in [0.1, 0.15) is 48.9 Å². The minimum Gasteiger partial charge on any atom is -0.452 e. The molecule has 0 atom stereocenters. The molecule has 28 heavy (non-hydrogen) atoms. The maximum Gasteiger partial charge on any atom is 0.344 e. The number of carbonyl (C=O) groups is 3. The van der Waals surface area contributed by atoms with Gasteiger partial charge in [-0.2, -0.15) is 0 Å². The maximum absolute atomic E-state index is 13.5. The smallest absolute Gasteiger partial charge is 0.344 e. The summed E-state index contributed by atoms with van der Waals surface area (Å²) >= 11 is 0. The molecule has 4 bridgehead atoms. The first kappa shape index (κ1) is 18.8. The van der Waals surface area contributed by atoms with Crippen molar-refractivity contribution in [1.82, 2.24) is 10.6 Å². The zero-order valence-corrected chi connectivity index (χ0v) is 15.3. The van der Waals surface area contributed by atoms with E-state index in [0.717, 1.165) is 37.5 Å². The molecule has 0 saturated heterocycles. The summed E-state index contributed by atoms with van der Waals surface area (Å²) in [6.45, 7) is -0.805. The highest BCUT2D eigenvalue weighted by Gasteiger charge is 2.51. The molecule has 0 radical (unpaired) electrons. The maximum atomic E-state index is 13.5. The van der Waals surface area contributed by atoms with Gasteiger partial charge in [0, 0.05) is 5.54 Å². The van der Waals surface area contributed by atoms with Crippen LogP contribution in [0, 0.1) is 29.4 Å². The molecule has 0 aromatic heterocycles. The van der Waals surface area contributed by atoms with Gasteiger partial charge in [-0.15, -0.1) is 0 Å². The van der Waals surface area contributed by atoms with Crippen molar-refractivity contribution in [2.75, 3.05) is 6.61 Å². The van der Waals surface area contributed by atoms with Crippen molar-refractivity contribution in [3.63, 3.8) is 0 Å². The summed E-state index contributed by atoms with van der Waals surface area (Å²) < 4.78 is 31.7. The number of nitrogens with one attached hydrogen (secondary N) is 2. The van der Waals surface area contributed by atoms with Crippen LogP contribution < -0.4 is 10.6 Å². The number of amides is 3. The molecule has 150 valence electrons. The number of carbonyl (C=O) groups excluding carboxylic acids is 3. The van der Waals surface area contributed by atoms with Gasteiger partial charge in [-0.3, -0.25) is 10.1 Å². The molecular weight excluding hydrogens is 370 g/mol. The second kappa shape index (κ2) is 7.14. The van der Waals surface area contributed by atoms with Crippen molar-refractivity contribution < 1.29 is 27.9 Å². The van der Waals surface area contributed by atoms with Gasteiger partial charge in [-0.25, -0.2) is 18.4 Å². The van der Waals surface area contributed by atoms with Crippen molar-refractivity contribution in [3.05, 3.63) is 35.4 Å². The summed E-state index contributed by atoms with van der Waals surface area (Å²) in [5, 5.41) is 5.10. The van der Waals surface area contributed by atoms with Crippen molar-refractivity contribution in [2.45, 2.75) is 44.1 Å². The second-order valence-corrected chi connectivity index (χ2v) is 8.37. The molecule has 1 aromatic rings. The summed E-state index contributed by atoms with van der Waals surface area (Å²) in [6.07, 6.45) is 6.48. The van der Waals surface area contributed by atoms with Gasteiger partial charge in [0.25, 0.3) is 5.91 Å². The van der Waals surface area contributed by atoms with Crippen LogP contribution in [-0.2, 0) is 9.53 Å². The van der Waals surface area contributed by atoms with E-state index in [4.69, 9.17) is 0 Å². The lowest BCUT2D eigenvalue weighted by molar-refractivity contribution is -0.123. The predicted octanol–water partition coefficient (Wildman–Crippen LogP) is 2.92. The highest BCUT2D eigenvalue weighted by atomic mass is 19.1. The lowest BCUT2D eigenvalue weighted by atomic mass is 9.53. The number of ether oxygens (including phenoxy) is 1. The molecule has 0 spiro atoms. The number of benzene rings is 1. The Morgan fingerprint density at radius 1 is 1.00 bits per heavy atom. The molecule has 8 heteroatoms. The number of imide groups is 1. The monoisotopic (exact) mass is 392 g/mol. The predicted molar refractivity (Wildman–Crippen MR) is 94.2 cm³/mol. The molecule has 4 aliphatic rings. The van der Waals surface area contributed by atoms with Crippen molar-refractivity contribution in [1.29, 1.82) is 0 Å². The summed E-state index contributed by atoms with van der Waals surface area (Å²) in [5.41, 5.74) is -1.13. The summed E-state index contributed by atoms with van der Waals surface area (Å²) in [7, 11) is 0. The normalized spacial score (nSPS) is 30.0. The molecule has 4 saturated carbocycles. The van der Waals surface area contributed by atoms with Gasteiger partial charge in [-0.1, -0.05) is 6.07 Å². The van der Waals surface area contributed by atoms with E-state index in [1.54, 1.807) is 0 Å². The molecule has 4 fully saturated rings. The fraction of sp³-hybridized carbons (Fsp3) is 0.550. The summed E-state index contributed by atoms with van der Waals surface area (Å²) in [6, 6.07) is 2.32. The second-order valence-electron chi connectivity index (χ2n) is 8.37. The first-order chi connectivity index (χ1) is 13.3. The van der Waals surface area contributed by atoms with Crippen LogP contribution in [0.5, 0.6) is 0 Å². The van der Waals surface area contributed by atoms with Gasteiger partial charge in [-0.05, 0) is 68.4 Å². The molecule has 0 unspecified atom stereocenters. The molecule has 1 aromatic carbocycles. The molecular formula is C20H22F2N2O4. The zero-order valence-electron chi connectivity index (χ0n) is 15.3. The van der Waals surface area contributed by atoms with Gasteiger partial charge < -0.3 is 10.1 Å². The van der Waals surface area contributed by atoms with Crippen molar-refractivity contribution in [2.24, 2.45) is 17.8 Å². The Bertz CT molecular complexity index is 771. The third-order valence-electron chi connectivity index (χ3n) is 6.17. The van der Waals surface area contributed by atoms with Crippen molar-refractivity contribution >= 4 is 17.9 Å². The molecule has 0 aliphatic heterocycles. The van der Waals surface area contributed by atoms with E-state index in [-0.39, 0.29) is 5.54 Å². The standard InChI is InChI=1S/C20H22F2N2O4/c21-14-2-1-3-15(22)17(14)18(26)28-10-16(25)23-19(27)24-20-7-11-4-12(8-20)6-13(5-11)9-20/h1-3,11-13H,4-10H2,(H2,23,24,25,27). The number of esters is 1. The number of hydrogen-bond donors (Lipinski definition) is 2. The zero-order chi connectivity index (χ0) is 19.9. The minimum atomic E-state index is -1.30. The molecule has 5 rings (SSSR count). The first-order valence-electron chi connectivity index (χ1n) is 9.57. The van der Waals surface area contributed by atoms with Gasteiger partial charge >= 0.3 is 12.0 Å². The highest BCUT2D eigenvalue weighted by Crippen LogP contribution is 2.55. The number of hydrogen-bond acceptors (Lipinski definition) is 4. The van der Waals surface area contributed by atoms with E-state index < -0.39 is 41.7 Å². The Morgan fingerprint density at radius 3 is 2.07 bits per heavy atom. The van der Waals surface area contributed by atoms with E-state index in [9.17, 15) is 23.2 Å². The van der Waals surface area contributed by atoms with E-state index in [2.05, 4.69) is 15.4 Å². The summed E-state index contributed by atoms with van der Waals surface area (Å²) in [4.78, 5) is 36.0. The van der Waals surface area contributed by atoms with Gasteiger partial charge in [0.1, 0.15) is 17.2 Å². The molecule has 3 amide bonds. The van der Waals surface area contributed by atoms with Crippen LogP contribution >= 0.6 is 0 Å². The van der Waals surface area contributed by atoms with Gasteiger partial charge in [0.15, 0.2) is 6.61 Å². The summed E-state index contributed by atoms with van der Waals surface area (Å²) in [5.74, 6) is -2.40. The third kappa shape index (κ3) is 3.72. The average Bonchev–Trinajstić information content (AvgIpc) is 2.58. The Hall–Kier alpha value is -2.51. The van der Waals surface area contributed by atoms with E-state index in [0.29, 0.717) is 17.8 Å². The fourth-order valence-corrected chi connectivity index (χ4v) is 5.59. The van der Waals surface area contributed by atoms with Crippen LogP contribution in [0.15, 0.2) is 18.2 Å². The lowest BCUT2D eigenvalue weighted by Gasteiger charge is -2.56. The topological polar surface area (TPSA) is 84.5 Å². The van der Waals surface area contributed by atoms with Gasteiger partial charge in [0.2, 0.25) is 0 Å². The average molecular weight is 392 g/mol. The number of rotatable bonds is 4. The minimum absolute atomic E-state index is 0.258. The fourth-order valence-electron chi connectivity index (χ4n) is 5.59. The van der Waals surface area contributed by atoms with Crippen LogP contribution in [-0.4, -0.2) is 30.1 Å². The number of halogens is 2. The number of urea groups is 1. The molecule has 6 nitrogen and oxygen atoms in total. The quantitative estimate of drug-likeness (QED) is 0.772. The molecule has 2 N–H and O–H groups in total. The Labute approximate surface area is 161 Å². The van der Waals surface area contributed by atoms with Crippen LogP contribution in [0.25, 0.3) is 0 Å². The van der Waals surface area contributed by atoms with E-state index in [1.807, 2.05) is 0 Å². The van der Waals surface area contributed by atoms with Crippen LogP contribution in [0.2, 0.25) is 0 Å². The lowest BCUT2D eigenvalue weighted by Crippen LogP contribution is -2.62. The first-order valence-corrected chi connectivity index (χ1v) is 9.57.